The number of thiophene rings is 1. The van der Waals surface area contributed by atoms with Gasteiger partial charge in [-0.15, -0.1) is 11.3 Å². The highest BCUT2D eigenvalue weighted by atomic mass is 32.1. The number of nitro benzene ring substituents is 1. The molecule has 2 aromatic heterocycles. The normalized spacial score (nSPS) is 11.0. The van der Waals surface area contributed by atoms with Gasteiger partial charge >= 0.3 is 0 Å². The van der Waals surface area contributed by atoms with E-state index in [2.05, 4.69) is 4.98 Å². The fourth-order valence-electron chi connectivity index (χ4n) is 2.93. The first-order chi connectivity index (χ1) is 13.0. The van der Waals surface area contributed by atoms with E-state index in [0.717, 1.165) is 0 Å². The van der Waals surface area contributed by atoms with Crippen LogP contribution in [0.25, 0.3) is 21.3 Å². The molecule has 2 aromatic carbocycles. The van der Waals surface area contributed by atoms with Crippen LogP contribution in [-0.4, -0.2) is 14.5 Å². The second kappa shape index (κ2) is 6.73. The molecule has 2 heterocycles. The number of hydrogen-bond donors (Lipinski definition) is 0. The van der Waals surface area contributed by atoms with E-state index in [0.29, 0.717) is 26.9 Å². The van der Waals surface area contributed by atoms with E-state index in [1.807, 2.05) is 5.38 Å². The van der Waals surface area contributed by atoms with E-state index in [-0.39, 0.29) is 23.6 Å². The van der Waals surface area contributed by atoms with Crippen molar-refractivity contribution in [3.8, 4) is 11.1 Å². The first-order valence-corrected chi connectivity index (χ1v) is 8.87. The molecule has 0 N–H and O–H groups in total. The molecule has 0 fully saturated rings. The van der Waals surface area contributed by atoms with Crippen molar-refractivity contribution >= 4 is 27.2 Å². The lowest BCUT2D eigenvalue weighted by molar-refractivity contribution is -0.385. The van der Waals surface area contributed by atoms with Gasteiger partial charge in [-0.1, -0.05) is 30.3 Å². The SMILES string of the molecule is O=c1c2c(-c3ccc(F)cc3)csc2ncn1Cc1ccccc1[N+](=O)[O-]. The topological polar surface area (TPSA) is 78.0 Å². The molecule has 0 radical (unpaired) electrons. The number of benzene rings is 2. The molecule has 0 saturated carbocycles. The zero-order valence-corrected chi connectivity index (χ0v) is 14.6. The molecule has 0 aliphatic carbocycles. The summed E-state index contributed by atoms with van der Waals surface area (Å²) in [5, 5.41) is 13.4. The summed E-state index contributed by atoms with van der Waals surface area (Å²) in [5.74, 6) is -0.356. The van der Waals surface area contributed by atoms with Gasteiger partial charge in [-0.3, -0.25) is 19.5 Å². The Labute approximate surface area is 156 Å². The minimum Gasteiger partial charge on any atom is -0.294 e. The van der Waals surface area contributed by atoms with Crippen molar-refractivity contribution in [1.29, 1.82) is 0 Å². The third-order valence-electron chi connectivity index (χ3n) is 4.24. The fraction of sp³-hybridized carbons (Fsp3) is 0.0526. The molecule has 0 spiro atoms. The molecule has 134 valence electrons. The van der Waals surface area contributed by atoms with E-state index in [1.165, 1.54) is 40.4 Å². The number of fused-ring (bicyclic) bond motifs is 1. The maximum Gasteiger partial charge on any atom is 0.274 e. The van der Waals surface area contributed by atoms with Crippen molar-refractivity contribution in [2.24, 2.45) is 0 Å². The summed E-state index contributed by atoms with van der Waals surface area (Å²) in [5.41, 5.74) is 1.46. The van der Waals surface area contributed by atoms with Gasteiger partial charge in [0.25, 0.3) is 11.2 Å². The molecule has 6 nitrogen and oxygen atoms in total. The highest BCUT2D eigenvalue weighted by molar-refractivity contribution is 7.17. The lowest BCUT2D eigenvalue weighted by Gasteiger charge is -2.07. The van der Waals surface area contributed by atoms with Crippen LogP contribution in [0.1, 0.15) is 5.56 Å². The standard InChI is InChI=1S/C19H12FN3O3S/c20-14-7-5-12(6-8-14)15-10-27-18-17(15)19(24)22(11-21-18)9-13-3-1-2-4-16(13)23(25)26/h1-8,10-11H,9H2. The first kappa shape index (κ1) is 17.0. The number of rotatable bonds is 4. The predicted octanol–water partition coefficient (Wildman–Crippen LogP) is 4.22. The van der Waals surface area contributed by atoms with Crippen LogP contribution < -0.4 is 5.56 Å². The Morgan fingerprint density at radius 3 is 2.63 bits per heavy atom. The van der Waals surface area contributed by atoms with Gasteiger partial charge in [0.05, 0.1) is 23.2 Å². The van der Waals surface area contributed by atoms with Crippen molar-refractivity contribution in [1.82, 2.24) is 9.55 Å². The number of halogens is 1. The van der Waals surface area contributed by atoms with Crippen LogP contribution >= 0.6 is 11.3 Å². The average Bonchev–Trinajstić information content (AvgIpc) is 3.10. The highest BCUT2D eigenvalue weighted by Gasteiger charge is 2.17. The van der Waals surface area contributed by atoms with Gasteiger partial charge in [0, 0.05) is 22.6 Å². The van der Waals surface area contributed by atoms with E-state index in [4.69, 9.17) is 0 Å². The lowest BCUT2D eigenvalue weighted by Crippen LogP contribution is -2.21. The molecular formula is C19H12FN3O3S. The summed E-state index contributed by atoms with van der Waals surface area (Å²) in [6.07, 6.45) is 1.40. The van der Waals surface area contributed by atoms with Crippen LogP contribution in [0.4, 0.5) is 10.1 Å². The molecule has 27 heavy (non-hydrogen) atoms. The molecule has 4 rings (SSSR count). The zero-order chi connectivity index (χ0) is 19.0. The van der Waals surface area contributed by atoms with E-state index < -0.39 is 4.92 Å². The van der Waals surface area contributed by atoms with Gasteiger partial charge in [-0.25, -0.2) is 9.37 Å². The van der Waals surface area contributed by atoms with Crippen molar-refractivity contribution < 1.29 is 9.31 Å². The summed E-state index contributed by atoms with van der Waals surface area (Å²) < 4.78 is 14.6. The molecule has 0 atom stereocenters. The van der Waals surface area contributed by atoms with Crippen molar-refractivity contribution in [3.63, 3.8) is 0 Å². The minimum atomic E-state index is -0.471. The van der Waals surface area contributed by atoms with Crippen molar-refractivity contribution in [2.75, 3.05) is 0 Å². The van der Waals surface area contributed by atoms with Gasteiger partial charge in [-0.05, 0) is 17.7 Å². The number of nitro groups is 1. The van der Waals surface area contributed by atoms with Gasteiger partial charge in [0.15, 0.2) is 0 Å². The molecule has 0 bridgehead atoms. The Bertz CT molecular complexity index is 1220. The highest BCUT2D eigenvalue weighted by Crippen LogP contribution is 2.30. The third kappa shape index (κ3) is 3.11. The van der Waals surface area contributed by atoms with Crippen LogP contribution in [-0.2, 0) is 6.54 Å². The van der Waals surface area contributed by atoms with Gasteiger partial charge in [-0.2, -0.15) is 0 Å². The van der Waals surface area contributed by atoms with Crippen LogP contribution in [0, 0.1) is 15.9 Å². The summed E-state index contributed by atoms with van der Waals surface area (Å²) in [7, 11) is 0. The lowest BCUT2D eigenvalue weighted by atomic mass is 10.1. The van der Waals surface area contributed by atoms with Gasteiger partial charge in [0.2, 0.25) is 0 Å². The Kier molecular flexibility index (Phi) is 4.25. The minimum absolute atomic E-state index is 0.0393. The van der Waals surface area contributed by atoms with Crippen LogP contribution in [0.5, 0.6) is 0 Å². The van der Waals surface area contributed by atoms with Crippen LogP contribution in [0.2, 0.25) is 0 Å². The quantitative estimate of drug-likeness (QED) is 0.392. The van der Waals surface area contributed by atoms with E-state index >= 15 is 0 Å². The van der Waals surface area contributed by atoms with Crippen molar-refractivity contribution in [2.45, 2.75) is 6.54 Å². The number of aromatic nitrogens is 2. The molecule has 0 aliphatic rings. The maximum atomic E-state index is 13.2. The average molecular weight is 381 g/mol. The molecule has 0 aliphatic heterocycles. The second-order valence-corrected chi connectivity index (χ2v) is 6.76. The maximum absolute atomic E-state index is 13.2. The molecule has 4 aromatic rings. The van der Waals surface area contributed by atoms with E-state index in [1.54, 1.807) is 30.3 Å². The Balaban J connectivity index is 1.83. The zero-order valence-electron chi connectivity index (χ0n) is 13.8. The van der Waals surface area contributed by atoms with E-state index in [9.17, 15) is 19.3 Å². The number of nitrogens with zero attached hydrogens (tertiary/aromatic N) is 3. The summed E-state index contributed by atoms with van der Waals surface area (Å²) in [4.78, 5) is 28.6. The number of para-hydroxylation sites is 1. The molecule has 0 amide bonds. The Morgan fingerprint density at radius 1 is 1.15 bits per heavy atom. The van der Waals surface area contributed by atoms with Gasteiger partial charge < -0.3 is 0 Å². The molecular weight excluding hydrogens is 369 g/mol. The molecule has 0 saturated heterocycles. The summed E-state index contributed by atoms with van der Waals surface area (Å²) in [6.45, 7) is 0.0393. The third-order valence-corrected chi connectivity index (χ3v) is 5.13. The van der Waals surface area contributed by atoms with Gasteiger partial charge in [0.1, 0.15) is 10.6 Å². The number of hydrogen-bond acceptors (Lipinski definition) is 5. The van der Waals surface area contributed by atoms with Crippen LogP contribution in [0.3, 0.4) is 0 Å². The molecule has 0 unspecified atom stereocenters. The second-order valence-electron chi connectivity index (χ2n) is 5.90. The summed E-state index contributed by atoms with van der Waals surface area (Å²) >= 11 is 1.32. The summed E-state index contributed by atoms with van der Waals surface area (Å²) in [6, 6.07) is 12.2. The molecule has 8 heteroatoms. The van der Waals surface area contributed by atoms with Crippen molar-refractivity contribution in [3.05, 3.63) is 92.1 Å². The first-order valence-electron chi connectivity index (χ1n) is 7.99. The fourth-order valence-corrected chi connectivity index (χ4v) is 3.83. The Hall–Kier alpha value is -3.39. The monoisotopic (exact) mass is 381 g/mol. The largest absolute Gasteiger partial charge is 0.294 e. The predicted molar refractivity (Wildman–Crippen MR) is 101 cm³/mol. The Morgan fingerprint density at radius 2 is 1.89 bits per heavy atom. The van der Waals surface area contributed by atoms with Crippen LogP contribution in [0.15, 0.2) is 65.0 Å². The smallest absolute Gasteiger partial charge is 0.274 e.